The molecule has 9 heteroatoms. The minimum absolute atomic E-state index is 0. The van der Waals surface area contributed by atoms with Gasteiger partial charge in [-0.15, -0.1) is 35.3 Å². The number of hydrogen-bond donors (Lipinski definition) is 3. The normalized spacial score (nSPS) is 12.2. The summed E-state index contributed by atoms with van der Waals surface area (Å²) in [4.78, 5) is 21.8. The van der Waals surface area contributed by atoms with Gasteiger partial charge in [0.2, 0.25) is 0 Å². The summed E-state index contributed by atoms with van der Waals surface area (Å²) in [5.74, 6) is 0.657. The van der Waals surface area contributed by atoms with Crippen molar-refractivity contribution < 1.29 is 9.53 Å². The van der Waals surface area contributed by atoms with Crippen LogP contribution in [-0.2, 0) is 11.3 Å². The van der Waals surface area contributed by atoms with Crippen LogP contribution in [0.3, 0.4) is 0 Å². The molecule has 3 N–H and O–H groups in total. The standard InChI is InChI=1S/C17H31N5O2S.HI/c1-11-12(2)25-13(21-11)9-19-14(18-8)20-10-17(6,7)22-15(23)24-16(3,4)5;/h9-10H2,1-8H3,(H,22,23)(H2,18,19,20);1H. The van der Waals surface area contributed by atoms with Crippen LogP contribution in [0.2, 0.25) is 0 Å². The van der Waals surface area contributed by atoms with Crippen LogP contribution in [0.1, 0.15) is 50.2 Å². The Morgan fingerprint density at radius 1 is 1.19 bits per heavy atom. The lowest BCUT2D eigenvalue weighted by Crippen LogP contribution is -2.54. The van der Waals surface area contributed by atoms with Crippen LogP contribution in [0.25, 0.3) is 0 Å². The third-order valence-electron chi connectivity index (χ3n) is 3.24. The smallest absolute Gasteiger partial charge is 0.408 e. The lowest BCUT2D eigenvalue weighted by atomic mass is 10.1. The molecule has 0 spiro atoms. The van der Waals surface area contributed by atoms with Crippen LogP contribution in [0.5, 0.6) is 0 Å². The maximum Gasteiger partial charge on any atom is 0.408 e. The molecule has 0 atom stereocenters. The van der Waals surface area contributed by atoms with Crippen LogP contribution in [0.4, 0.5) is 4.79 Å². The Bertz CT molecular complexity index is 604. The second-order valence-electron chi connectivity index (χ2n) is 7.54. The Morgan fingerprint density at radius 2 is 1.81 bits per heavy atom. The first-order chi connectivity index (χ1) is 11.4. The second kappa shape index (κ2) is 10.3. The largest absolute Gasteiger partial charge is 0.444 e. The minimum atomic E-state index is -0.519. The average Bonchev–Trinajstić information content (AvgIpc) is 2.75. The van der Waals surface area contributed by atoms with Crippen molar-refractivity contribution in [3.8, 4) is 0 Å². The number of carbonyl (C=O) groups is 1. The van der Waals surface area contributed by atoms with Crippen molar-refractivity contribution in [2.75, 3.05) is 13.6 Å². The topological polar surface area (TPSA) is 87.6 Å². The zero-order valence-corrected chi connectivity index (χ0v) is 20.1. The molecule has 0 aliphatic carbocycles. The second-order valence-corrected chi connectivity index (χ2v) is 8.83. The first kappa shape index (κ1) is 24.9. The first-order valence-electron chi connectivity index (χ1n) is 8.30. The summed E-state index contributed by atoms with van der Waals surface area (Å²) in [6, 6.07) is 0. The van der Waals surface area contributed by atoms with E-state index in [0.717, 1.165) is 10.7 Å². The van der Waals surface area contributed by atoms with E-state index in [1.165, 1.54) is 4.88 Å². The van der Waals surface area contributed by atoms with Crippen molar-refractivity contribution in [1.29, 1.82) is 0 Å². The van der Waals surface area contributed by atoms with E-state index in [1.54, 1.807) is 18.4 Å². The van der Waals surface area contributed by atoms with Gasteiger partial charge in [0, 0.05) is 18.5 Å². The molecule has 1 heterocycles. The maximum atomic E-state index is 11.9. The lowest BCUT2D eigenvalue weighted by molar-refractivity contribution is 0.0474. The number of aryl methyl sites for hydroxylation is 2. The van der Waals surface area contributed by atoms with Crippen LogP contribution in [-0.4, -0.2) is 41.8 Å². The summed E-state index contributed by atoms with van der Waals surface area (Å²) in [5, 5.41) is 10.3. The highest BCUT2D eigenvalue weighted by Crippen LogP contribution is 2.15. The number of thiazole rings is 1. The van der Waals surface area contributed by atoms with Gasteiger partial charge < -0.3 is 20.7 Å². The van der Waals surface area contributed by atoms with E-state index in [2.05, 4.69) is 32.9 Å². The highest BCUT2D eigenvalue weighted by atomic mass is 127. The summed E-state index contributed by atoms with van der Waals surface area (Å²) in [7, 11) is 1.71. The van der Waals surface area contributed by atoms with Crippen molar-refractivity contribution >= 4 is 47.4 Å². The monoisotopic (exact) mass is 497 g/mol. The number of aromatic nitrogens is 1. The molecule has 0 fully saturated rings. The van der Waals surface area contributed by atoms with Crippen molar-refractivity contribution in [1.82, 2.24) is 20.9 Å². The average molecular weight is 497 g/mol. The molecule has 0 aromatic carbocycles. The fraction of sp³-hybridized carbons (Fsp3) is 0.706. The molecular formula is C17H32IN5O2S. The van der Waals surface area contributed by atoms with Crippen LogP contribution in [0, 0.1) is 13.8 Å². The molecule has 1 aromatic heterocycles. The molecule has 0 aliphatic rings. The minimum Gasteiger partial charge on any atom is -0.444 e. The summed E-state index contributed by atoms with van der Waals surface area (Å²) < 4.78 is 5.29. The fourth-order valence-electron chi connectivity index (χ4n) is 1.92. The van der Waals surface area contributed by atoms with Crippen molar-refractivity contribution in [2.24, 2.45) is 4.99 Å². The van der Waals surface area contributed by atoms with E-state index >= 15 is 0 Å². The number of aliphatic imine (C=N–C) groups is 1. The summed E-state index contributed by atoms with van der Waals surface area (Å²) in [6.07, 6.45) is -0.434. The van der Waals surface area contributed by atoms with Gasteiger partial charge in [0.15, 0.2) is 5.96 Å². The van der Waals surface area contributed by atoms with E-state index in [4.69, 9.17) is 4.74 Å². The number of rotatable bonds is 5. The number of amides is 1. The van der Waals surface area contributed by atoms with Gasteiger partial charge in [-0.05, 0) is 48.5 Å². The Morgan fingerprint density at radius 3 is 2.27 bits per heavy atom. The van der Waals surface area contributed by atoms with Crippen molar-refractivity contribution in [3.05, 3.63) is 15.6 Å². The molecule has 0 radical (unpaired) electrons. The highest BCUT2D eigenvalue weighted by Gasteiger charge is 2.24. The molecule has 1 aromatic rings. The predicted octanol–water partition coefficient (Wildman–Crippen LogP) is 3.35. The summed E-state index contributed by atoms with van der Waals surface area (Å²) in [6.45, 7) is 14.5. The number of carbonyl (C=O) groups excluding carboxylic acids is 1. The zero-order valence-electron chi connectivity index (χ0n) is 16.9. The van der Waals surface area contributed by atoms with Gasteiger partial charge in [0.25, 0.3) is 0 Å². The number of nitrogens with one attached hydrogen (secondary N) is 3. The van der Waals surface area contributed by atoms with Gasteiger partial charge in [0.05, 0.1) is 17.8 Å². The number of ether oxygens (including phenoxy) is 1. The fourth-order valence-corrected chi connectivity index (χ4v) is 2.80. The molecule has 0 saturated heterocycles. The summed E-state index contributed by atoms with van der Waals surface area (Å²) >= 11 is 1.67. The molecule has 7 nitrogen and oxygen atoms in total. The molecule has 150 valence electrons. The van der Waals surface area contributed by atoms with Crippen LogP contribution < -0.4 is 16.0 Å². The molecular weight excluding hydrogens is 465 g/mol. The molecule has 26 heavy (non-hydrogen) atoms. The zero-order chi connectivity index (χ0) is 19.3. The highest BCUT2D eigenvalue weighted by molar-refractivity contribution is 14.0. The van der Waals surface area contributed by atoms with Gasteiger partial charge in [0.1, 0.15) is 10.6 Å². The van der Waals surface area contributed by atoms with Gasteiger partial charge in [-0.1, -0.05) is 0 Å². The molecule has 0 unspecified atom stereocenters. The molecule has 1 amide bonds. The van der Waals surface area contributed by atoms with Crippen LogP contribution >= 0.6 is 35.3 Å². The Kier molecular flexibility index (Phi) is 9.85. The van der Waals surface area contributed by atoms with Crippen molar-refractivity contribution in [3.63, 3.8) is 0 Å². The van der Waals surface area contributed by atoms with Gasteiger partial charge in [-0.3, -0.25) is 4.99 Å². The number of alkyl carbamates (subject to hydrolysis) is 1. The van der Waals surface area contributed by atoms with Gasteiger partial charge in [-0.2, -0.15) is 0 Å². The van der Waals surface area contributed by atoms with Crippen LogP contribution in [0.15, 0.2) is 4.99 Å². The van der Waals surface area contributed by atoms with E-state index < -0.39 is 17.2 Å². The van der Waals surface area contributed by atoms with E-state index in [9.17, 15) is 4.79 Å². The van der Waals surface area contributed by atoms with E-state index in [-0.39, 0.29) is 24.0 Å². The first-order valence-corrected chi connectivity index (χ1v) is 9.12. The SMILES string of the molecule is CN=C(NCc1nc(C)c(C)s1)NCC(C)(C)NC(=O)OC(C)(C)C.I. The molecule has 1 rings (SSSR count). The summed E-state index contributed by atoms with van der Waals surface area (Å²) in [5.41, 5.74) is 0.0520. The molecule has 0 bridgehead atoms. The van der Waals surface area contributed by atoms with Crippen molar-refractivity contribution in [2.45, 2.75) is 66.2 Å². The molecule has 0 aliphatic heterocycles. The third-order valence-corrected chi connectivity index (χ3v) is 4.31. The number of hydrogen-bond acceptors (Lipinski definition) is 5. The predicted molar refractivity (Wildman–Crippen MR) is 119 cm³/mol. The van der Waals surface area contributed by atoms with E-state index in [1.807, 2.05) is 41.5 Å². The Balaban J connectivity index is 0.00000625. The third kappa shape index (κ3) is 9.56. The Labute approximate surface area is 177 Å². The number of nitrogens with zero attached hydrogens (tertiary/aromatic N) is 2. The quantitative estimate of drug-likeness (QED) is 0.330. The number of guanidine groups is 1. The van der Waals surface area contributed by atoms with Gasteiger partial charge in [-0.25, -0.2) is 9.78 Å². The Hall–Kier alpha value is -1.10. The van der Waals surface area contributed by atoms with E-state index in [0.29, 0.717) is 19.0 Å². The number of halogens is 1. The molecule has 0 saturated carbocycles. The maximum absolute atomic E-state index is 11.9. The lowest BCUT2D eigenvalue weighted by Gasteiger charge is -2.29. The van der Waals surface area contributed by atoms with Gasteiger partial charge >= 0.3 is 6.09 Å².